The van der Waals surface area contributed by atoms with E-state index in [0.29, 0.717) is 17.5 Å². The lowest BCUT2D eigenvalue weighted by Gasteiger charge is -2.14. The number of nitrogens with zero attached hydrogens (tertiary/aromatic N) is 3. The van der Waals surface area contributed by atoms with Crippen molar-refractivity contribution in [1.82, 2.24) is 15.0 Å². The molecule has 0 unspecified atom stereocenters. The van der Waals surface area contributed by atoms with Gasteiger partial charge in [-0.05, 0) is 63.0 Å². The molecule has 0 fully saturated rings. The van der Waals surface area contributed by atoms with E-state index in [1.807, 2.05) is 60.7 Å². The number of fused-ring (bicyclic) bond motifs is 5. The predicted molar refractivity (Wildman–Crippen MR) is 184 cm³/mol. The molecule has 0 saturated carbocycles. The molecule has 0 atom stereocenters. The number of rotatable bonds is 4. The molecule has 0 aliphatic carbocycles. The molecule has 0 spiro atoms. The van der Waals surface area contributed by atoms with Crippen LogP contribution < -0.4 is 0 Å². The number of para-hydroxylation sites is 1. The van der Waals surface area contributed by atoms with Gasteiger partial charge in [-0.3, -0.25) is 0 Å². The quantitative estimate of drug-likeness (QED) is 0.209. The highest BCUT2D eigenvalue weighted by atomic mass is 16.3. The van der Waals surface area contributed by atoms with Crippen molar-refractivity contribution >= 4 is 43.5 Å². The van der Waals surface area contributed by atoms with Crippen LogP contribution in [-0.2, 0) is 0 Å². The molecule has 4 heteroatoms. The highest BCUT2D eigenvalue weighted by molar-refractivity contribution is 6.11. The molecule has 0 bridgehead atoms. The van der Waals surface area contributed by atoms with Crippen LogP contribution in [0.25, 0.3) is 88.8 Å². The van der Waals surface area contributed by atoms with Crippen molar-refractivity contribution in [2.45, 2.75) is 0 Å². The first kappa shape index (κ1) is 25.4. The summed E-state index contributed by atoms with van der Waals surface area (Å²) in [6.45, 7) is 0. The number of hydrogen-bond acceptors (Lipinski definition) is 4. The van der Waals surface area contributed by atoms with E-state index in [1.54, 1.807) is 0 Å². The van der Waals surface area contributed by atoms with Crippen LogP contribution in [0.5, 0.6) is 0 Å². The first-order chi connectivity index (χ1) is 22.3. The summed E-state index contributed by atoms with van der Waals surface area (Å²) in [5.41, 5.74) is 6.62. The summed E-state index contributed by atoms with van der Waals surface area (Å²) in [6.07, 6.45) is 0. The Balaban J connectivity index is 1.35. The molecule has 2 heterocycles. The Kier molecular flexibility index (Phi) is 5.78. The van der Waals surface area contributed by atoms with E-state index in [4.69, 9.17) is 19.4 Å². The SMILES string of the molecule is c1ccc(-c2nc(-c3cc4ccccc4cc3-c3ccc4ccccc4c3)nc(-c3cccc4oc5ccccc5c34)n2)cc1. The number of benzene rings is 7. The Labute approximate surface area is 259 Å². The topological polar surface area (TPSA) is 51.8 Å². The zero-order valence-electron chi connectivity index (χ0n) is 24.2. The number of hydrogen-bond donors (Lipinski definition) is 0. The largest absolute Gasteiger partial charge is 0.456 e. The highest BCUT2D eigenvalue weighted by Crippen LogP contribution is 2.39. The van der Waals surface area contributed by atoms with E-state index in [9.17, 15) is 0 Å². The summed E-state index contributed by atoms with van der Waals surface area (Å²) in [5.74, 6) is 1.85. The fraction of sp³-hybridized carbons (Fsp3) is 0. The van der Waals surface area contributed by atoms with E-state index < -0.39 is 0 Å². The minimum atomic E-state index is 0.605. The zero-order chi connectivity index (χ0) is 29.7. The summed E-state index contributed by atoms with van der Waals surface area (Å²) in [4.78, 5) is 15.4. The molecule has 4 nitrogen and oxygen atoms in total. The van der Waals surface area contributed by atoms with Gasteiger partial charge in [-0.2, -0.15) is 0 Å². The van der Waals surface area contributed by atoms with Crippen molar-refractivity contribution in [3.05, 3.63) is 152 Å². The van der Waals surface area contributed by atoms with Crippen LogP contribution in [0.4, 0.5) is 0 Å². The summed E-state index contributed by atoms with van der Waals surface area (Å²) in [7, 11) is 0. The van der Waals surface area contributed by atoms with Crippen LogP contribution in [0.3, 0.4) is 0 Å². The maximum Gasteiger partial charge on any atom is 0.164 e. The van der Waals surface area contributed by atoms with Crippen molar-refractivity contribution in [2.75, 3.05) is 0 Å². The molecule has 45 heavy (non-hydrogen) atoms. The molecule has 9 rings (SSSR count). The maximum absolute atomic E-state index is 6.23. The molecule has 0 aliphatic heterocycles. The number of furan rings is 1. The highest BCUT2D eigenvalue weighted by Gasteiger charge is 2.20. The third-order valence-corrected chi connectivity index (χ3v) is 8.50. The van der Waals surface area contributed by atoms with Gasteiger partial charge in [0.05, 0.1) is 0 Å². The van der Waals surface area contributed by atoms with Crippen LogP contribution in [-0.4, -0.2) is 15.0 Å². The van der Waals surface area contributed by atoms with Crippen LogP contribution in [0.1, 0.15) is 0 Å². The van der Waals surface area contributed by atoms with Gasteiger partial charge in [-0.15, -0.1) is 0 Å². The molecule has 2 aromatic heterocycles. The van der Waals surface area contributed by atoms with Gasteiger partial charge < -0.3 is 4.42 Å². The molecule has 0 amide bonds. The van der Waals surface area contributed by atoms with Gasteiger partial charge in [0.2, 0.25) is 0 Å². The monoisotopic (exact) mass is 575 g/mol. The minimum Gasteiger partial charge on any atom is -0.456 e. The molecule has 210 valence electrons. The molecule has 0 saturated heterocycles. The molecule has 7 aromatic carbocycles. The first-order valence-electron chi connectivity index (χ1n) is 15.0. The Bertz CT molecular complexity index is 2550. The molecular formula is C41H25N3O. The third kappa shape index (κ3) is 4.35. The van der Waals surface area contributed by atoms with Crippen LogP contribution in [0.2, 0.25) is 0 Å². The standard InChI is InChI=1S/C41H25N3O/c1-2-12-27(13-3-1)39-42-40(33-18-10-20-37-38(33)32-17-8-9-19-36(32)45-37)44-41(43-39)35-25-30-16-7-6-15-29(30)24-34(35)31-22-21-26-11-4-5-14-28(26)23-31/h1-25H. The van der Waals surface area contributed by atoms with Crippen molar-refractivity contribution in [2.24, 2.45) is 0 Å². The Morgan fingerprint density at radius 1 is 0.356 bits per heavy atom. The second-order valence-corrected chi connectivity index (χ2v) is 11.3. The molecule has 0 N–H and O–H groups in total. The van der Waals surface area contributed by atoms with Gasteiger partial charge in [-0.1, -0.05) is 121 Å². The van der Waals surface area contributed by atoms with Crippen molar-refractivity contribution < 1.29 is 4.42 Å². The van der Waals surface area contributed by atoms with Crippen molar-refractivity contribution in [3.8, 4) is 45.3 Å². The minimum absolute atomic E-state index is 0.605. The Morgan fingerprint density at radius 3 is 1.76 bits per heavy atom. The molecule has 0 radical (unpaired) electrons. The second kappa shape index (κ2) is 10.2. The molecular weight excluding hydrogens is 550 g/mol. The van der Waals surface area contributed by atoms with E-state index in [1.165, 1.54) is 10.8 Å². The van der Waals surface area contributed by atoms with Crippen LogP contribution in [0, 0.1) is 0 Å². The van der Waals surface area contributed by atoms with Crippen LogP contribution >= 0.6 is 0 Å². The van der Waals surface area contributed by atoms with Gasteiger partial charge in [-0.25, -0.2) is 15.0 Å². The van der Waals surface area contributed by atoms with Crippen molar-refractivity contribution in [1.29, 1.82) is 0 Å². The van der Waals surface area contributed by atoms with E-state index >= 15 is 0 Å². The Morgan fingerprint density at radius 2 is 0.956 bits per heavy atom. The lowest BCUT2D eigenvalue weighted by atomic mass is 9.93. The fourth-order valence-electron chi connectivity index (χ4n) is 6.32. The molecule has 9 aromatic rings. The third-order valence-electron chi connectivity index (χ3n) is 8.50. The lowest BCUT2D eigenvalue weighted by molar-refractivity contribution is 0.669. The summed E-state index contributed by atoms with van der Waals surface area (Å²) in [5, 5.41) is 6.72. The van der Waals surface area contributed by atoms with Gasteiger partial charge in [0.15, 0.2) is 17.5 Å². The van der Waals surface area contributed by atoms with Crippen molar-refractivity contribution in [3.63, 3.8) is 0 Å². The average Bonchev–Trinajstić information content (AvgIpc) is 3.50. The van der Waals surface area contributed by atoms with Gasteiger partial charge in [0, 0.05) is 27.5 Å². The molecule has 0 aliphatic rings. The first-order valence-corrected chi connectivity index (χ1v) is 15.0. The smallest absolute Gasteiger partial charge is 0.164 e. The summed E-state index contributed by atoms with van der Waals surface area (Å²) >= 11 is 0. The van der Waals surface area contributed by atoms with Gasteiger partial charge in [0.1, 0.15) is 11.2 Å². The maximum atomic E-state index is 6.23. The second-order valence-electron chi connectivity index (χ2n) is 11.3. The average molecular weight is 576 g/mol. The van der Waals surface area contributed by atoms with E-state index in [2.05, 4.69) is 91.0 Å². The van der Waals surface area contributed by atoms with E-state index in [-0.39, 0.29) is 0 Å². The zero-order valence-corrected chi connectivity index (χ0v) is 24.2. The van der Waals surface area contributed by atoms with Gasteiger partial charge in [0.25, 0.3) is 0 Å². The summed E-state index contributed by atoms with van der Waals surface area (Å²) in [6, 6.07) is 52.3. The van der Waals surface area contributed by atoms with Crippen LogP contribution in [0.15, 0.2) is 156 Å². The fourth-order valence-corrected chi connectivity index (χ4v) is 6.32. The number of aromatic nitrogens is 3. The van der Waals surface area contributed by atoms with Gasteiger partial charge >= 0.3 is 0 Å². The summed E-state index contributed by atoms with van der Waals surface area (Å²) < 4.78 is 6.23. The van der Waals surface area contributed by atoms with E-state index in [0.717, 1.165) is 60.5 Å². The normalized spacial score (nSPS) is 11.6. The predicted octanol–water partition coefficient (Wildman–Crippen LogP) is 10.7. The Hall–Kier alpha value is -6.13. The lowest BCUT2D eigenvalue weighted by Crippen LogP contribution is -2.01.